The number of hydrogen-bond donors (Lipinski definition) is 1. The van der Waals surface area contributed by atoms with E-state index in [4.69, 9.17) is 4.74 Å². The number of hydrogen-bond acceptors (Lipinski definition) is 2. The lowest BCUT2D eigenvalue weighted by molar-refractivity contribution is 0.00932. The molecule has 2 heterocycles. The van der Waals surface area contributed by atoms with Crippen LogP contribution in [0.4, 0.5) is 4.39 Å². The molecule has 17 heavy (non-hydrogen) atoms. The smallest absolute Gasteiger partial charge is 0.123 e. The molecule has 1 fully saturated rings. The van der Waals surface area contributed by atoms with Gasteiger partial charge in [-0.15, -0.1) is 0 Å². The first-order valence-electron chi connectivity index (χ1n) is 6.40. The Hall–Kier alpha value is -0.930. The fourth-order valence-electron chi connectivity index (χ4n) is 2.96. The van der Waals surface area contributed by atoms with Gasteiger partial charge >= 0.3 is 0 Å². The monoisotopic (exact) mass is 235 g/mol. The number of nitrogens with one attached hydrogen (secondary N) is 1. The van der Waals surface area contributed by atoms with Gasteiger partial charge in [0.2, 0.25) is 0 Å². The fourth-order valence-corrected chi connectivity index (χ4v) is 2.96. The lowest BCUT2D eigenvalue weighted by Crippen LogP contribution is -2.34. The Morgan fingerprint density at radius 1 is 1.35 bits per heavy atom. The van der Waals surface area contributed by atoms with Gasteiger partial charge in [-0.05, 0) is 42.6 Å². The molecule has 1 aromatic carbocycles. The SMILES string of the molecule is CC1CO[C@@H]([C@@H]2CCCN2)c2ccc(F)cc21. The van der Waals surface area contributed by atoms with E-state index in [9.17, 15) is 4.39 Å². The van der Waals surface area contributed by atoms with Crippen molar-refractivity contribution in [1.82, 2.24) is 5.32 Å². The second-order valence-corrected chi connectivity index (χ2v) is 5.13. The lowest BCUT2D eigenvalue weighted by Gasteiger charge is -2.33. The number of fused-ring (bicyclic) bond motifs is 1. The Bertz CT molecular complexity index is 415. The second kappa shape index (κ2) is 4.39. The topological polar surface area (TPSA) is 21.3 Å². The van der Waals surface area contributed by atoms with E-state index in [2.05, 4.69) is 12.2 Å². The first-order valence-corrected chi connectivity index (χ1v) is 6.40. The molecule has 0 spiro atoms. The molecule has 0 aliphatic carbocycles. The summed E-state index contributed by atoms with van der Waals surface area (Å²) in [5.41, 5.74) is 2.29. The van der Waals surface area contributed by atoms with Crippen LogP contribution >= 0.6 is 0 Å². The van der Waals surface area contributed by atoms with Gasteiger partial charge in [0, 0.05) is 12.0 Å². The summed E-state index contributed by atoms with van der Waals surface area (Å²) in [4.78, 5) is 0. The molecule has 1 aromatic rings. The van der Waals surface area contributed by atoms with Gasteiger partial charge in [0.05, 0.1) is 12.7 Å². The summed E-state index contributed by atoms with van der Waals surface area (Å²) >= 11 is 0. The van der Waals surface area contributed by atoms with Gasteiger partial charge < -0.3 is 10.1 Å². The van der Waals surface area contributed by atoms with E-state index in [1.54, 1.807) is 12.1 Å². The predicted octanol–water partition coefficient (Wildman–Crippen LogP) is 2.75. The Morgan fingerprint density at radius 3 is 3.00 bits per heavy atom. The van der Waals surface area contributed by atoms with E-state index in [1.807, 2.05) is 6.07 Å². The van der Waals surface area contributed by atoms with Crippen molar-refractivity contribution in [3.05, 3.63) is 35.1 Å². The summed E-state index contributed by atoms with van der Waals surface area (Å²) in [7, 11) is 0. The number of ether oxygens (including phenoxy) is 1. The molecule has 1 saturated heterocycles. The standard InChI is InChI=1S/C14H18FNO/c1-9-8-17-14(13-3-2-6-16-13)11-5-4-10(15)7-12(9)11/h4-5,7,9,13-14,16H,2-3,6,8H2,1H3/t9?,13-,14+/m0/s1. The Kier molecular flexibility index (Phi) is 2.89. The van der Waals surface area contributed by atoms with E-state index in [-0.39, 0.29) is 11.9 Å². The van der Waals surface area contributed by atoms with Crippen LogP contribution in [0.25, 0.3) is 0 Å². The van der Waals surface area contributed by atoms with Crippen LogP contribution in [0.3, 0.4) is 0 Å². The summed E-state index contributed by atoms with van der Waals surface area (Å²) in [5.74, 6) is 0.147. The van der Waals surface area contributed by atoms with Crippen molar-refractivity contribution in [2.24, 2.45) is 0 Å². The molecule has 2 aliphatic heterocycles. The third-order valence-corrected chi connectivity index (χ3v) is 3.88. The maximum Gasteiger partial charge on any atom is 0.123 e. The Balaban J connectivity index is 1.96. The minimum atomic E-state index is -0.143. The normalized spacial score (nSPS) is 32.5. The van der Waals surface area contributed by atoms with E-state index in [0.717, 1.165) is 18.5 Å². The molecule has 0 amide bonds. The zero-order valence-electron chi connectivity index (χ0n) is 10.1. The molecule has 1 N–H and O–H groups in total. The van der Waals surface area contributed by atoms with Crippen molar-refractivity contribution in [2.45, 2.75) is 37.8 Å². The zero-order chi connectivity index (χ0) is 11.8. The summed E-state index contributed by atoms with van der Waals surface area (Å²) in [5, 5.41) is 3.48. The van der Waals surface area contributed by atoms with Crippen LogP contribution in [0.5, 0.6) is 0 Å². The van der Waals surface area contributed by atoms with Crippen LogP contribution in [-0.2, 0) is 4.74 Å². The van der Waals surface area contributed by atoms with Crippen molar-refractivity contribution in [3.8, 4) is 0 Å². The molecule has 3 rings (SSSR count). The molecular weight excluding hydrogens is 217 g/mol. The van der Waals surface area contributed by atoms with Crippen LogP contribution in [0.2, 0.25) is 0 Å². The van der Waals surface area contributed by atoms with E-state index in [0.29, 0.717) is 18.6 Å². The van der Waals surface area contributed by atoms with Gasteiger partial charge in [-0.2, -0.15) is 0 Å². The average molecular weight is 235 g/mol. The van der Waals surface area contributed by atoms with Crippen LogP contribution in [-0.4, -0.2) is 19.2 Å². The average Bonchev–Trinajstić information content (AvgIpc) is 2.84. The minimum absolute atomic E-state index is 0.101. The zero-order valence-corrected chi connectivity index (χ0v) is 10.1. The van der Waals surface area contributed by atoms with Gasteiger partial charge in [-0.3, -0.25) is 0 Å². The molecule has 0 bridgehead atoms. The Labute approximate surface area is 101 Å². The highest BCUT2D eigenvalue weighted by atomic mass is 19.1. The molecule has 3 heteroatoms. The molecule has 0 saturated carbocycles. The van der Waals surface area contributed by atoms with E-state index >= 15 is 0 Å². The molecule has 92 valence electrons. The van der Waals surface area contributed by atoms with Crippen molar-refractivity contribution < 1.29 is 9.13 Å². The van der Waals surface area contributed by atoms with Crippen molar-refractivity contribution in [1.29, 1.82) is 0 Å². The van der Waals surface area contributed by atoms with Crippen LogP contribution in [0, 0.1) is 5.82 Å². The van der Waals surface area contributed by atoms with Gasteiger partial charge in [0.15, 0.2) is 0 Å². The van der Waals surface area contributed by atoms with Gasteiger partial charge in [0.25, 0.3) is 0 Å². The highest BCUT2D eigenvalue weighted by molar-refractivity contribution is 5.35. The second-order valence-electron chi connectivity index (χ2n) is 5.13. The predicted molar refractivity (Wildman–Crippen MR) is 64.5 cm³/mol. The summed E-state index contributed by atoms with van der Waals surface area (Å²) in [6.07, 6.45) is 2.45. The molecular formula is C14H18FNO. The first-order chi connectivity index (χ1) is 8.25. The lowest BCUT2D eigenvalue weighted by atomic mass is 9.87. The van der Waals surface area contributed by atoms with Crippen LogP contribution in [0.15, 0.2) is 18.2 Å². The van der Waals surface area contributed by atoms with Gasteiger partial charge in [-0.25, -0.2) is 4.39 Å². The molecule has 0 aromatic heterocycles. The maximum atomic E-state index is 13.3. The summed E-state index contributed by atoms with van der Waals surface area (Å²) in [6, 6.07) is 5.50. The summed E-state index contributed by atoms with van der Waals surface area (Å²) in [6.45, 7) is 3.85. The fraction of sp³-hybridized carbons (Fsp3) is 0.571. The van der Waals surface area contributed by atoms with Gasteiger partial charge in [0.1, 0.15) is 5.82 Å². The van der Waals surface area contributed by atoms with Crippen molar-refractivity contribution in [2.75, 3.05) is 13.2 Å². The number of halogens is 1. The minimum Gasteiger partial charge on any atom is -0.371 e. The third-order valence-electron chi connectivity index (χ3n) is 3.88. The summed E-state index contributed by atoms with van der Waals surface area (Å²) < 4.78 is 19.3. The first kappa shape index (κ1) is 11.2. The highest BCUT2D eigenvalue weighted by Gasteiger charge is 2.33. The van der Waals surface area contributed by atoms with E-state index < -0.39 is 0 Å². The molecule has 1 unspecified atom stereocenters. The quantitative estimate of drug-likeness (QED) is 0.808. The largest absolute Gasteiger partial charge is 0.371 e. The molecule has 2 aliphatic rings. The maximum absolute atomic E-state index is 13.3. The number of rotatable bonds is 1. The number of benzene rings is 1. The van der Waals surface area contributed by atoms with Crippen molar-refractivity contribution >= 4 is 0 Å². The molecule has 3 atom stereocenters. The third kappa shape index (κ3) is 1.98. The molecule has 2 nitrogen and oxygen atoms in total. The van der Waals surface area contributed by atoms with Crippen molar-refractivity contribution in [3.63, 3.8) is 0 Å². The molecule has 0 radical (unpaired) electrons. The van der Waals surface area contributed by atoms with Crippen LogP contribution in [0.1, 0.15) is 42.9 Å². The highest BCUT2D eigenvalue weighted by Crippen LogP contribution is 2.37. The Morgan fingerprint density at radius 2 is 2.24 bits per heavy atom. The van der Waals surface area contributed by atoms with Crippen LogP contribution < -0.4 is 5.32 Å². The van der Waals surface area contributed by atoms with E-state index in [1.165, 1.54) is 12.0 Å². The van der Waals surface area contributed by atoms with Gasteiger partial charge in [-0.1, -0.05) is 13.0 Å².